The van der Waals surface area contributed by atoms with Gasteiger partial charge < -0.3 is 4.74 Å². The van der Waals surface area contributed by atoms with E-state index in [0.29, 0.717) is 5.92 Å². The molecule has 1 fully saturated rings. The minimum Gasteiger partial charge on any atom is -0.493 e. The third-order valence-corrected chi connectivity index (χ3v) is 4.27. The first kappa shape index (κ1) is 12.0. The molecule has 1 unspecified atom stereocenters. The maximum Gasteiger partial charge on any atom is 0.123 e. The van der Waals surface area contributed by atoms with Gasteiger partial charge in [0.1, 0.15) is 5.75 Å². The van der Waals surface area contributed by atoms with E-state index in [4.69, 9.17) is 4.74 Å². The van der Waals surface area contributed by atoms with Gasteiger partial charge in [0.25, 0.3) is 0 Å². The number of hydrogen-bond donors (Lipinski definition) is 0. The van der Waals surface area contributed by atoms with Gasteiger partial charge in [-0.1, -0.05) is 25.5 Å². The Hall–Kier alpha value is -1.02. The lowest BCUT2D eigenvalue weighted by Gasteiger charge is -2.28. The second-order valence-electron chi connectivity index (χ2n) is 5.75. The molecule has 0 bridgehead atoms. The van der Waals surface area contributed by atoms with E-state index in [2.05, 4.69) is 30.0 Å². The molecule has 1 atom stereocenters. The molecular weight excluding hydrogens is 222 g/mol. The minimum atomic E-state index is 0.651. The minimum absolute atomic E-state index is 0.651. The summed E-state index contributed by atoms with van der Waals surface area (Å²) in [7, 11) is 0. The van der Waals surface area contributed by atoms with Gasteiger partial charge in [-0.3, -0.25) is 4.90 Å². The van der Waals surface area contributed by atoms with Crippen molar-refractivity contribution in [1.82, 2.24) is 4.90 Å². The van der Waals surface area contributed by atoms with Crippen molar-refractivity contribution < 1.29 is 4.74 Å². The summed E-state index contributed by atoms with van der Waals surface area (Å²) in [6, 6.07) is 6.83. The number of hydrogen-bond acceptors (Lipinski definition) is 2. The largest absolute Gasteiger partial charge is 0.493 e. The predicted octanol–water partition coefficient (Wildman–Crippen LogP) is 3.56. The zero-order chi connectivity index (χ0) is 12.4. The first-order valence-corrected chi connectivity index (χ1v) is 7.31. The van der Waals surface area contributed by atoms with Crippen LogP contribution in [0, 0.1) is 0 Å². The Bertz CT molecular complexity index is 410. The second-order valence-corrected chi connectivity index (χ2v) is 5.75. The van der Waals surface area contributed by atoms with Gasteiger partial charge in [0.15, 0.2) is 0 Å². The molecule has 2 aliphatic rings. The smallest absolute Gasteiger partial charge is 0.123 e. The van der Waals surface area contributed by atoms with Crippen LogP contribution in [0.15, 0.2) is 18.2 Å². The SMILES string of the molecule is CC1CCOc2cc(CN3CCCCC3)ccc21. The Morgan fingerprint density at radius 1 is 1.22 bits per heavy atom. The standard InChI is InChI=1S/C16H23NO/c1-13-7-10-18-16-11-14(5-6-15(13)16)12-17-8-3-2-4-9-17/h5-6,11,13H,2-4,7-10,12H2,1H3. The quantitative estimate of drug-likeness (QED) is 0.790. The fraction of sp³-hybridized carbons (Fsp3) is 0.625. The molecule has 0 spiro atoms. The van der Waals surface area contributed by atoms with E-state index >= 15 is 0 Å². The molecule has 1 aromatic rings. The second kappa shape index (κ2) is 5.31. The van der Waals surface area contributed by atoms with Crippen molar-refractivity contribution in [3.8, 4) is 5.75 Å². The summed E-state index contributed by atoms with van der Waals surface area (Å²) in [6.45, 7) is 6.78. The monoisotopic (exact) mass is 245 g/mol. The van der Waals surface area contributed by atoms with Crippen LogP contribution in [0.25, 0.3) is 0 Å². The Kier molecular flexibility index (Phi) is 3.55. The molecule has 3 rings (SSSR count). The zero-order valence-electron chi connectivity index (χ0n) is 11.3. The summed E-state index contributed by atoms with van der Waals surface area (Å²) >= 11 is 0. The van der Waals surface area contributed by atoms with Crippen LogP contribution in [0.4, 0.5) is 0 Å². The molecule has 0 amide bonds. The average Bonchev–Trinajstić information content (AvgIpc) is 2.40. The molecule has 0 N–H and O–H groups in total. The highest BCUT2D eigenvalue weighted by atomic mass is 16.5. The summed E-state index contributed by atoms with van der Waals surface area (Å²) in [5.74, 6) is 1.78. The van der Waals surface area contributed by atoms with Crippen molar-refractivity contribution in [2.75, 3.05) is 19.7 Å². The highest BCUT2D eigenvalue weighted by Gasteiger charge is 2.18. The van der Waals surface area contributed by atoms with E-state index in [0.717, 1.165) is 25.3 Å². The number of fused-ring (bicyclic) bond motifs is 1. The van der Waals surface area contributed by atoms with Gasteiger partial charge in [-0.25, -0.2) is 0 Å². The van der Waals surface area contributed by atoms with Crippen LogP contribution < -0.4 is 4.74 Å². The molecule has 2 nitrogen and oxygen atoms in total. The Balaban J connectivity index is 1.73. The Morgan fingerprint density at radius 3 is 2.89 bits per heavy atom. The van der Waals surface area contributed by atoms with Crippen molar-refractivity contribution in [1.29, 1.82) is 0 Å². The van der Waals surface area contributed by atoms with Crippen molar-refractivity contribution in [2.45, 2.75) is 45.1 Å². The van der Waals surface area contributed by atoms with Crippen LogP contribution in [-0.4, -0.2) is 24.6 Å². The molecule has 98 valence electrons. The third-order valence-electron chi connectivity index (χ3n) is 4.27. The van der Waals surface area contributed by atoms with E-state index in [-0.39, 0.29) is 0 Å². The summed E-state index contributed by atoms with van der Waals surface area (Å²) in [5.41, 5.74) is 2.80. The number of piperidine rings is 1. The Labute approximate surface area is 110 Å². The molecule has 2 aliphatic heterocycles. The van der Waals surface area contributed by atoms with Gasteiger partial charge in [0, 0.05) is 6.54 Å². The molecule has 0 aliphatic carbocycles. The summed E-state index contributed by atoms with van der Waals surface area (Å²) in [6.07, 6.45) is 5.27. The van der Waals surface area contributed by atoms with Crippen LogP contribution in [0.2, 0.25) is 0 Å². The van der Waals surface area contributed by atoms with Gasteiger partial charge in [0.2, 0.25) is 0 Å². The van der Waals surface area contributed by atoms with Crippen LogP contribution in [0.3, 0.4) is 0 Å². The van der Waals surface area contributed by atoms with Gasteiger partial charge >= 0.3 is 0 Å². The lowest BCUT2D eigenvalue weighted by molar-refractivity contribution is 0.220. The maximum absolute atomic E-state index is 5.81. The summed E-state index contributed by atoms with van der Waals surface area (Å²) in [5, 5.41) is 0. The fourth-order valence-corrected chi connectivity index (χ4v) is 3.09. The first-order valence-electron chi connectivity index (χ1n) is 7.31. The van der Waals surface area contributed by atoms with Crippen LogP contribution in [0.5, 0.6) is 5.75 Å². The van der Waals surface area contributed by atoms with E-state index in [1.165, 1.54) is 43.5 Å². The zero-order valence-corrected chi connectivity index (χ0v) is 11.3. The molecule has 0 saturated carbocycles. The highest BCUT2D eigenvalue weighted by molar-refractivity contribution is 5.40. The van der Waals surface area contributed by atoms with E-state index in [1.807, 2.05) is 0 Å². The maximum atomic E-state index is 5.81. The number of likely N-dealkylation sites (tertiary alicyclic amines) is 1. The van der Waals surface area contributed by atoms with E-state index in [9.17, 15) is 0 Å². The van der Waals surface area contributed by atoms with E-state index < -0.39 is 0 Å². The number of ether oxygens (including phenoxy) is 1. The Morgan fingerprint density at radius 2 is 2.06 bits per heavy atom. The normalized spacial score (nSPS) is 24.4. The first-order chi connectivity index (χ1) is 8.83. The van der Waals surface area contributed by atoms with Crippen molar-refractivity contribution in [3.05, 3.63) is 29.3 Å². The van der Waals surface area contributed by atoms with Crippen molar-refractivity contribution in [3.63, 3.8) is 0 Å². The molecule has 0 radical (unpaired) electrons. The number of benzene rings is 1. The van der Waals surface area contributed by atoms with Crippen LogP contribution in [0.1, 0.15) is 49.7 Å². The molecule has 1 aromatic carbocycles. The summed E-state index contributed by atoms with van der Waals surface area (Å²) in [4.78, 5) is 2.57. The lowest BCUT2D eigenvalue weighted by Crippen LogP contribution is -2.29. The highest BCUT2D eigenvalue weighted by Crippen LogP contribution is 2.34. The van der Waals surface area contributed by atoms with Crippen molar-refractivity contribution >= 4 is 0 Å². The van der Waals surface area contributed by atoms with Crippen LogP contribution in [-0.2, 0) is 6.54 Å². The molecule has 18 heavy (non-hydrogen) atoms. The van der Waals surface area contributed by atoms with Crippen molar-refractivity contribution in [2.24, 2.45) is 0 Å². The molecule has 1 saturated heterocycles. The molecule has 0 aromatic heterocycles. The fourth-order valence-electron chi connectivity index (χ4n) is 3.09. The van der Waals surface area contributed by atoms with E-state index in [1.54, 1.807) is 0 Å². The predicted molar refractivity (Wildman–Crippen MR) is 74.1 cm³/mol. The van der Waals surface area contributed by atoms with Crippen LogP contribution >= 0.6 is 0 Å². The number of rotatable bonds is 2. The third kappa shape index (κ3) is 2.54. The summed E-state index contributed by atoms with van der Waals surface area (Å²) < 4.78 is 5.81. The average molecular weight is 245 g/mol. The molecule has 2 heterocycles. The van der Waals surface area contributed by atoms with Gasteiger partial charge in [-0.05, 0) is 55.5 Å². The molecule has 2 heteroatoms. The van der Waals surface area contributed by atoms with Gasteiger partial charge in [-0.15, -0.1) is 0 Å². The van der Waals surface area contributed by atoms with Gasteiger partial charge in [0.05, 0.1) is 6.61 Å². The number of nitrogens with zero attached hydrogens (tertiary/aromatic N) is 1. The topological polar surface area (TPSA) is 12.5 Å². The van der Waals surface area contributed by atoms with Gasteiger partial charge in [-0.2, -0.15) is 0 Å². The molecular formula is C16H23NO. The lowest BCUT2D eigenvalue weighted by atomic mass is 9.94.